The number of carbonyl (C=O) groups is 2. The second-order valence-corrected chi connectivity index (χ2v) is 6.90. The second-order valence-electron chi connectivity index (χ2n) is 6.90. The fourth-order valence-electron chi connectivity index (χ4n) is 3.32. The number of benzene rings is 3. The van der Waals surface area contributed by atoms with Crippen LogP contribution in [0.2, 0.25) is 0 Å². The van der Waals surface area contributed by atoms with Crippen LogP contribution in [-0.4, -0.2) is 25.5 Å². The number of esters is 1. The molecule has 4 heteroatoms. The summed E-state index contributed by atoms with van der Waals surface area (Å²) in [4.78, 5) is 23.7. The minimum atomic E-state index is -0.380. The van der Waals surface area contributed by atoms with Crippen LogP contribution in [0, 0.1) is 0 Å². The van der Waals surface area contributed by atoms with Crippen LogP contribution in [0.15, 0.2) is 91.0 Å². The molecule has 1 amide bonds. The fraction of sp³-hybridized carbons (Fsp3) is 0.154. The number of rotatable bonds is 8. The molecule has 1 N–H and O–H groups in total. The Morgan fingerprint density at radius 1 is 0.867 bits per heavy atom. The first-order valence-electron chi connectivity index (χ1n) is 9.91. The van der Waals surface area contributed by atoms with Gasteiger partial charge in [0.15, 0.2) is 0 Å². The summed E-state index contributed by atoms with van der Waals surface area (Å²) in [6.07, 6.45) is 4.04. The maximum Gasteiger partial charge on any atom is 0.337 e. The van der Waals surface area contributed by atoms with Crippen LogP contribution in [0.5, 0.6) is 0 Å². The molecule has 0 atom stereocenters. The molecule has 0 heterocycles. The number of nitrogens with one attached hydrogen (secondary N) is 1. The first-order valence-corrected chi connectivity index (χ1v) is 9.91. The smallest absolute Gasteiger partial charge is 0.337 e. The minimum absolute atomic E-state index is 0.146. The van der Waals surface area contributed by atoms with E-state index in [0.717, 1.165) is 12.0 Å². The summed E-state index contributed by atoms with van der Waals surface area (Å²) in [5.74, 6) is -0.302. The van der Waals surface area contributed by atoms with E-state index in [1.165, 1.54) is 24.3 Å². The highest BCUT2D eigenvalue weighted by Gasteiger charge is 2.13. The third-order valence-corrected chi connectivity index (χ3v) is 4.90. The van der Waals surface area contributed by atoms with Crippen molar-refractivity contribution in [2.75, 3.05) is 13.7 Å². The lowest BCUT2D eigenvalue weighted by molar-refractivity contribution is -0.116. The molecule has 0 aliphatic carbocycles. The monoisotopic (exact) mass is 399 g/mol. The number of amides is 1. The van der Waals surface area contributed by atoms with Crippen LogP contribution < -0.4 is 5.32 Å². The molecule has 0 saturated heterocycles. The molecule has 30 heavy (non-hydrogen) atoms. The lowest BCUT2D eigenvalue weighted by Gasteiger charge is -2.18. The molecule has 0 aliphatic heterocycles. The summed E-state index contributed by atoms with van der Waals surface area (Å²) in [6.45, 7) is 0.568. The largest absolute Gasteiger partial charge is 0.465 e. The zero-order valence-corrected chi connectivity index (χ0v) is 17.0. The van der Waals surface area contributed by atoms with E-state index in [-0.39, 0.29) is 17.8 Å². The zero-order chi connectivity index (χ0) is 21.2. The van der Waals surface area contributed by atoms with Gasteiger partial charge in [-0.15, -0.1) is 0 Å². The molecule has 0 unspecified atom stereocenters. The maximum atomic E-state index is 12.2. The first-order chi connectivity index (χ1) is 14.7. The lowest BCUT2D eigenvalue weighted by Crippen LogP contribution is -2.23. The summed E-state index contributed by atoms with van der Waals surface area (Å²) in [5.41, 5.74) is 3.79. The van der Waals surface area contributed by atoms with Gasteiger partial charge in [0.2, 0.25) is 5.91 Å². The molecule has 152 valence electrons. The molecule has 3 rings (SSSR count). The number of carbonyl (C=O) groups excluding carboxylic acids is 2. The van der Waals surface area contributed by atoms with Gasteiger partial charge >= 0.3 is 5.97 Å². The van der Waals surface area contributed by atoms with Crippen LogP contribution in [0.25, 0.3) is 6.08 Å². The molecule has 0 aliphatic rings. The van der Waals surface area contributed by atoms with Crippen molar-refractivity contribution in [3.63, 3.8) is 0 Å². The van der Waals surface area contributed by atoms with Gasteiger partial charge in [0.1, 0.15) is 0 Å². The highest BCUT2D eigenvalue weighted by atomic mass is 16.5. The van der Waals surface area contributed by atoms with Gasteiger partial charge in [0, 0.05) is 18.5 Å². The van der Waals surface area contributed by atoms with Crippen LogP contribution in [-0.2, 0) is 9.53 Å². The van der Waals surface area contributed by atoms with E-state index in [9.17, 15) is 9.59 Å². The second kappa shape index (κ2) is 10.8. The molecule has 0 aromatic heterocycles. The van der Waals surface area contributed by atoms with Crippen molar-refractivity contribution in [1.29, 1.82) is 0 Å². The Kier molecular flexibility index (Phi) is 7.56. The van der Waals surface area contributed by atoms with E-state index in [2.05, 4.69) is 34.3 Å². The molecule has 3 aromatic carbocycles. The van der Waals surface area contributed by atoms with Crippen LogP contribution >= 0.6 is 0 Å². The highest BCUT2D eigenvalue weighted by molar-refractivity contribution is 5.92. The van der Waals surface area contributed by atoms with Gasteiger partial charge < -0.3 is 10.1 Å². The van der Waals surface area contributed by atoms with Crippen LogP contribution in [0.1, 0.15) is 39.4 Å². The van der Waals surface area contributed by atoms with Crippen molar-refractivity contribution >= 4 is 18.0 Å². The van der Waals surface area contributed by atoms with E-state index >= 15 is 0 Å². The van der Waals surface area contributed by atoms with Crippen molar-refractivity contribution in [2.45, 2.75) is 12.3 Å². The summed E-state index contributed by atoms with van der Waals surface area (Å²) in [7, 11) is 1.35. The Bertz CT molecular complexity index is 940. The highest BCUT2D eigenvalue weighted by Crippen LogP contribution is 2.27. The van der Waals surface area contributed by atoms with Crippen LogP contribution in [0.4, 0.5) is 0 Å². The van der Waals surface area contributed by atoms with E-state index in [0.29, 0.717) is 12.1 Å². The molecule has 0 saturated carbocycles. The molecule has 0 bridgehead atoms. The number of hydrogen-bond acceptors (Lipinski definition) is 3. The quantitative estimate of drug-likeness (QED) is 0.436. The number of methoxy groups -OCH3 is 1. The van der Waals surface area contributed by atoms with Gasteiger partial charge in [0.05, 0.1) is 12.7 Å². The number of hydrogen-bond donors (Lipinski definition) is 1. The normalized spacial score (nSPS) is 10.9. The molecule has 0 fully saturated rings. The molecule has 4 nitrogen and oxygen atoms in total. The average Bonchev–Trinajstić information content (AvgIpc) is 2.81. The van der Waals surface area contributed by atoms with Gasteiger partial charge in [-0.05, 0) is 41.3 Å². The Labute approximate surface area is 177 Å². The summed E-state index contributed by atoms with van der Waals surface area (Å²) in [5, 5.41) is 2.96. The first kappa shape index (κ1) is 21.1. The van der Waals surface area contributed by atoms with Crippen molar-refractivity contribution in [1.82, 2.24) is 5.32 Å². The van der Waals surface area contributed by atoms with Crippen molar-refractivity contribution in [3.8, 4) is 0 Å². The van der Waals surface area contributed by atoms with Crippen molar-refractivity contribution < 1.29 is 14.3 Å². The van der Waals surface area contributed by atoms with Gasteiger partial charge in [-0.1, -0.05) is 72.8 Å². The van der Waals surface area contributed by atoms with E-state index in [1.807, 2.05) is 36.4 Å². The maximum absolute atomic E-state index is 12.2. The van der Waals surface area contributed by atoms with Gasteiger partial charge in [-0.25, -0.2) is 4.79 Å². The summed E-state index contributed by atoms with van der Waals surface area (Å²) < 4.78 is 4.68. The molecule has 0 spiro atoms. The van der Waals surface area contributed by atoms with Crippen molar-refractivity contribution in [3.05, 3.63) is 113 Å². The zero-order valence-electron chi connectivity index (χ0n) is 17.0. The fourth-order valence-corrected chi connectivity index (χ4v) is 3.32. The Morgan fingerprint density at radius 3 is 1.97 bits per heavy atom. The number of ether oxygens (including phenoxy) is 1. The van der Waals surface area contributed by atoms with Gasteiger partial charge in [-0.3, -0.25) is 4.79 Å². The minimum Gasteiger partial charge on any atom is -0.465 e. The molecule has 0 radical (unpaired) electrons. The Morgan fingerprint density at radius 2 is 1.43 bits per heavy atom. The molecular formula is C26H25NO3. The lowest BCUT2D eigenvalue weighted by atomic mass is 9.88. The Balaban J connectivity index is 1.56. The van der Waals surface area contributed by atoms with E-state index in [1.54, 1.807) is 30.3 Å². The Hall–Kier alpha value is -3.66. The van der Waals surface area contributed by atoms with Gasteiger partial charge in [0.25, 0.3) is 0 Å². The SMILES string of the molecule is COC(=O)c1ccc(/C=C/C(=O)NCCC(c2ccccc2)c2ccccc2)cc1. The van der Waals surface area contributed by atoms with E-state index in [4.69, 9.17) is 0 Å². The topological polar surface area (TPSA) is 55.4 Å². The van der Waals surface area contributed by atoms with Gasteiger partial charge in [-0.2, -0.15) is 0 Å². The average molecular weight is 399 g/mol. The van der Waals surface area contributed by atoms with E-state index < -0.39 is 0 Å². The third-order valence-electron chi connectivity index (χ3n) is 4.90. The third kappa shape index (κ3) is 5.92. The van der Waals surface area contributed by atoms with Crippen molar-refractivity contribution in [2.24, 2.45) is 0 Å². The standard InChI is InChI=1S/C26H25NO3/c1-30-26(29)23-15-12-20(13-16-23)14-17-25(28)27-19-18-24(21-8-4-2-5-9-21)22-10-6-3-7-11-22/h2-17,24H,18-19H2,1H3,(H,27,28)/b17-14+. The molecular weight excluding hydrogens is 374 g/mol. The predicted molar refractivity (Wildman–Crippen MR) is 119 cm³/mol. The summed E-state index contributed by atoms with van der Waals surface area (Å²) in [6, 6.07) is 27.6. The van der Waals surface area contributed by atoms with Crippen LogP contribution in [0.3, 0.4) is 0 Å². The molecule has 3 aromatic rings. The summed E-state index contributed by atoms with van der Waals surface area (Å²) >= 11 is 0. The predicted octanol–water partition coefficient (Wildman–Crippen LogP) is 4.82.